The number of nitrogens with two attached hydrogens (primary N) is 1. The maximum atomic E-state index is 12.9. The highest BCUT2D eigenvalue weighted by atomic mass is 19.1. The molecule has 0 fully saturated rings. The number of aromatic nitrogens is 1. The second kappa shape index (κ2) is 4.88. The topological polar surface area (TPSA) is 68.0 Å². The van der Waals surface area contributed by atoms with Crippen molar-refractivity contribution in [3.05, 3.63) is 41.8 Å². The van der Waals surface area contributed by atoms with E-state index in [1.165, 1.54) is 12.1 Å². The fraction of sp³-hybridized carbons (Fsp3) is 0.167. The predicted octanol–water partition coefficient (Wildman–Crippen LogP) is 1.06. The molecule has 1 aromatic carbocycles. The van der Waals surface area contributed by atoms with Crippen LogP contribution in [0, 0.1) is 5.82 Å². The molecule has 0 aliphatic rings. The van der Waals surface area contributed by atoms with Gasteiger partial charge in [0.15, 0.2) is 0 Å². The molecule has 4 nitrogen and oxygen atoms in total. The summed E-state index contributed by atoms with van der Waals surface area (Å²) in [7, 11) is 0. The zero-order valence-corrected chi connectivity index (χ0v) is 9.11. The molecule has 88 valence electrons. The minimum atomic E-state index is -0.320. The van der Waals surface area contributed by atoms with Gasteiger partial charge >= 0.3 is 0 Å². The highest BCUT2D eigenvalue weighted by Crippen LogP contribution is 2.13. The van der Waals surface area contributed by atoms with Gasteiger partial charge in [0.1, 0.15) is 11.5 Å². The van der Waals surface area contributed by atoms with Gasteiger partial charge in [0.2, 0.25) is 0 Å². The summed E-state index contributed by atoms with van der Waals surface area (Å²) < 4.78 is 12.9. The van der Waals surface area contributed by atoms with E-state index >= 15 is 0 Å². The highest BCUT2D eigenvalue weighted by molar-refractivity contribution is 5.94. The van der Waals surface area contributed by atoms with E-state index in [0.717, 1.165) is 0 Å². The van der Waals surface area contributed by atoms with Crippen LogP contribution >= 0.6 is 0 Å². The van der Waals surface area contributed by atoms with Crippen LogP contribution < -0.4 is 11.1 Å². The number of benzene rings is 1. The molecule has 0 radical (unpaired) electrons. The molecular formula is C12H12FN3O. The summed E-state index contributed by atoms with van der Waals surface area (Å²) in [5.41, 5.74) is 6.18. The lowest BCUT2D eigenvalue weighted by Gasteiger charge is -2.04. The predicted molar refractivity (Wildman–Crippen MR) is 63.1 cm³/mol. The van der Waals surface area contributed by atoms with Crippen molar-refractivity contribution in [3.8, 4) is 0 Å². The number of carbonyl (C=O) groups is 1. The van der Waals surface area contributed by atoms with Gasteiger partial charge in [-0.3, -0.25) is 4.79 Å². The van der Waals surface area contributed by atoms with Crippen LogP contribution in [0.3, 0.4) is 0 Å². The van der Waals surface area contributed by atoms with Gasteiger partial charge in [-0.1, -0.05) is 6.07 Å². The Balaban J connectivity index is 2.31. The van der Waals surface area contributed by atoms with Gasteiger partial charge in [-0.25, -0.2) is 9.37 Å². The molecular weight excluding hydrogens is 221 g/mol. The Labute approximate surface area is 97.6 Å². The Morgan fingerprint density at radius 2 is 2.18 bits per heavy atom. The first-order valence-electron chi connectivity index (χ1n) is 5.25. The maximum Gasteiger partial charge on any atom is 0.269 e. The first-order valence-corrected chi connectivity index (χ1v) is 5.25. The lowest BCUT2D eigenvalue weighted by Crippen LogP contribution is -2.29. The zero-order chi connectivity index (χ0) is 12.3. The average Bonchev–Trinajstić information content (AvgIpc) is 2.35. The summed E-state index contributed by atoms with van der Waals surface area (Å²) in [6.07, 6.45) is 0. The summed E-state index contributed by atoms with van der Waals surface area (Å²) in [4.78, 5) is 15.8. The van der Waals surface area contributed by atoms with Crippen LogP contribution in [0.4, 0.5) is 4.39 Å². The zero-order valence-electron chi connectivity index (χ0n) is 9.11. The van der Waals surface area contributed by atoms with Crippen LogP contribution in [0.15, 0.2) is 30.3 Å². The number of pyridine rings is 1. The third-order valence-corrected chi connectivity index (χ3v) is 2.31. The molecule has 0 atom stereocenters. The standard InChI is InChI=1S/C12H12FN3O/c13-9-2-4-10-8(7-9)1-3-11(16-10)12(17)15-6-5-14/h1-4,7H,5-6,14H2,(H,15,17). The van der Waals surface area contributed by atoms with Crippen molar-refractivity contribution >= 4 is 16.8 Å². The van der Waals surface area contributed by atoms with E-state index < -0.39 is 0 Å². The number of hydrogen-bond donors (Lipinski definition) is 2. The average molecular weight is 233 g/mol. The van der Waals surface area contributed by atoms with Crippen molar-refractivity contribution in [2.75, 3.05) is 13.1 Å². The van der Waals surface area contributed by atoms with Gasteiger partial charge in [0.25, 0.3) is 5.91 Å². The molecule has 0 aliphatic carbocycles. The number of rotatable bonds is 3. The Hall–Kier alpha value is -2.01. The molecule has 1 heterocycles. The lowest BCUT2D eigenvalue weighted by molar-refractivity contribution is 0.0950. The van der Waals surface area contributed by atoms with Crippen molar-refractivity contribution in [1.29, 1.82) is 0 Å². The Morgan fingerprint density at radius 3 is 2.94 bits per heavy atom. The largest absolute Gasteiger partial charge is 0.349 e. The molecule has 0 saturated carbocycles. The third-order valence-electron chi connectivity index (χ3n) is 2.31. The van der Waals surface area contributed by atoms with Crippen molar-refractivity contribution < 1.29 is 9.18 Å². The Bertz CT molecular complexity index is 556. The summed E-state index contributed by atoms with van der Waals surface area (Å²) >= 11 is 0. The number of amides is 1. The van der Waals surface area contributed by atoms with Crippen LogP contribution in [0.1, 0.15) is 10.5 Å². The summed E-state index contributed by atoms with van der Waals surface area (Å²) in [6, 6.07) is 7.47. The van der Waals surface area contributed by atoms with E-state index in [2.05, 4.69) is 10.3 Å². The van der Waals surface area contributed by atoms with E-state index in [1.54, 1.807) is 18.2 Å². The van der Waals surface area contributed by atoms with E-state index in [-0.39, 0.29) is 11.7 Å². The molecule has 0 unspecified atom stereocenters. The second-order valence-corrected chi connectivity index (χ2v) is 3.58. The van der Waals surface area contributed by atoms with Crippen LogP contribution in [-0.4, -0.2) is 24.0 Å². The quantitative estimate of drug-likeness (QED) is 0.833. The summed E-state index contributed by atoms with van der Waals surface area (Å²) in [5.74, 6) is -0.596. The van der Waals surface area contributed by atoms with Gasteiger partial charge in [-0.2, -0.15) is 0 Å². The van der Waals surface area contributed by atoms with E-state index in [4.69, 9.17) is 5.73 Å². The molecule has 0 spiro atoms. The van der Waals surface area contributed by atoms with Crippen molar-refractivity contribution in [2.24, 2.45) is 5.73 Å². The first-order chi connectivity index (χ1) is 8.20. The Kier molecular flexibility index (Phi) is 3.30. The van der Waals surface area contributed by atoms with Gasteiger partial charge in [0.05, 0.1) is 5.52 Å². The second-order valence-electron chi connectivity index (χ2n) is 3.58. The molecule has 2 aromatic rings. The number of hydrogen-bond acceptors (Lipinski definition) is 3. The first kappa shape index (κ1) is 11.5. The number of halogens is 1. The molecule has 17 heavy (non-hydrogen) atoms. The Morgan fingerprint density at radius 1 is 1.35 bits per heavy atom. The molecule has 0 bridgehead atoms. The van der Waals surface area contributed by atoms with Crippen molar-refractivity contribution in [2.45, 2.75) is 0 Å². The van der Waals surface area contributed by atoms with Crippen molar-refractivity contribution in [1.82, 2.24) is 10.3 Å². The lowest BCUT2D eigenvalue weighted by atomic mass is 10.2. The minimum Gasteiger partial charge on any atom is -0.349 e. The molecule has 2 rings (SSSR count). The van der Waals surface area contributed by atoms with Gasteiger partial charge in [-0.05, 0) is 24.3 Å². The smallest absolute Gasteiger partial charge is 0.269 e. The fourth-order valence-corrected chi connectivity index (χ4v) is 1.50. The number of nitrogens with zero attached hydrogens (tertiary/aromatic N) is 1. The van der Waals surface area contributed by atoms with E-state index in [9.17, 15) is 9.18 Å². The molecule has 1 aromatic heterocycles. The van der Waals surface area contributed by atoms with Gasteiger partial charge in [-0.15, -0.1) is 0 Å². The molecule has 0 aliphatic heterocycles. The van der Waals surface area contributed by atoms with E-state index in [1.807, 2.05) is 0 Å². The molecule has 0 saturated heterocycles. The molecule has 3 N–H and O–H groups in total. The van der Waals surface area contributed by atoms with Gasteiger partial charge < -0.3 is 11.1 Å². The molecule has 1 amide bonds. The van der Waals surface area contributed by atoms with Crippen LogP contribution in [0.25, 0.3) is 10.9 Å². The normalized spacial score (nSPS) is 10.5. The summed E-state index contributed by atoms with van der Waals surface area (Å²) in [5, 5.41) is 3.29. The number of nitrogens with one attached hydrogen (secondary N) is 1. The SMILES string of the molecule is NCCNC(=O)c1ccc2cc(F)ccc2n1. The maximum absolute atomic E-state index is 12.9. The summed E-state index contributed by atoms with van der Waals surface area (Å²) in [6.45, 7) is 0.784. The van der Waals surface area contributed by atoms with Crippen LogP contribution in [0.5, 0.6) is 0 Å². The minimum absolute atomic E-state index is 0.276. The highest BCUT2D eigenvalue weighted by Gasteiger charge is 2.07. The third kappa shape index (κ3) is 2.57. The van der Waals surface area contributed by atoms with Gasteiger partial charge in [0, 0.05) is 18.5 Å². The van der Waals surface area contributed by atoms with E-state index in [0.29, 0.717) is 29.7 Å². The monoisotopic (exact) mass is 233 g/mol. The fourth-order valence-electron chi connectivity index (χ4n) is 1.50. The van der Waals surface area contributed by atoms with Crippen molar-refractivity contribution in [3.63, 3.8) is 0 Å². The van der Waals surface area contributed by atoms with Crippen LogP contribution in [0.2, 0.25) is 0 Å². The number of fused-ring (bicyclic) bond motifs is 1. The van der Waals surface area contributed by atoms with Crippen LogP contribution in [-0.2, 0) is 0 Å². The molecule has 5 heteroatoms. The number of carbonyl (C=O) groups excluding carboxylic acids is 1.